The fourth-order valence-electron chi connectivity index (χ4n) is 2.23. The smallest absolute Gasteiger partial charge is 0.379 e. The summed E-state index contributed by atoms with van der Waals surface area (Å²) < 4.78 is 15.9. The number of carbonyl (C=O) groups excluding carboxylic acids is 2. The minimum absolute atomic E-state index is 0.0891. The molecule has 0 aliphatic rings. The molecule has 0 bridgehead atoms. The quantitative estimate of drug-likeness (QED) is 0.293. The van der Waals surface area contributed by atoms with Crippen molar-refractivity contribution in [3.8, 4) is 11.5 Å². The first-order valence-electron chi connectivity index (χ1n) is 8.43. The van der Waals surface area contributed by atoms with Crippen molar-refractivity contribution in [3.05, 3.63) is 78.0 Å². The van der Waals surface area contributed by atoms with E-state index in [9.17, 15) is 9.59 Å². The first-order valence-corrected chi connectivity index (χ1v) is 8.43. The normalized spacial score (nSPS) is 10.6. The van der Waals surface area contributed by atoms with E-state index in [1.54, 1.807) is 42.6 Å². The highest BCUT2D eigenvalue weighted by molar-refractivity contribution is 5.94. The minimum atomic E-state index is -0.629. The van der Waals surface area contributed by atoms with E-state index in [0.717, 1.165) is 0 Å². The van der Waals surface area contributed by atoms with Crippen LogP contribution in [0.2, 0.25) is 0 Å². The molecule has 0 radical (unpaired) electrons. The average Bonchev–Trinajstić information content (AvgIpc) is 3.25. The number of aromatic nitrogens is 1. The largest absolute Gasteiger partial charge is 0.490 e. The monoisotopic (exact) mass is 379 g/mol. The number of rotatable bonds is 7. The van der Waals surface area contributed by atoms with Gasteiger partial charge >= 0.3 is 5.97 Å². The van der Waals surface area contributed by atoms with Crippen LogP contribution in [0.5, 0.6) is 11.5 Å². The maximum absolute atomic E-state index is 12.0. The Morgan fingerprint density at radius 1 is 1.21 bits per heavy atom. The van der Waals surface area contributed by atoms with Crippen molar-refractivity contribution in [1.29, 1.82) is 0 Å². The third kappa shape index (κ3) is 4.82. The number of nitrogens with zero attached hydrogens (tertiary/aromatic N) is 2. The van der Waals surface area contributed by atoms with Crippen molar-refractivity contribution < 1.29 is 23.5 Å². The van der Waals surface area contributed by atoms with E-state index in [1.807, 2.05) is 6.92 Å². The number of carbonyl (C=O) groups is 2. The van der Waals surface area contributed by atoms with E-state index in [-0.39, 0.29) is 17.4 Å². The Balaban J connectivity index is 1.69. The maximum atomic E-state index is 12.0. The van der Waals surface area contributed by atoms with Gasteiger partial charge < -0.3 is 13.9 Å². The Kier molecular flexibility index (Phi) is 6.14. The molecule has 0 aliphatic heterocycles. The third-order valence-electron chi connectivity index (χ3n) is 3.50. The van der Waals surface area contributed by atoms with Crippen LogP contribution in [0, 0.1) is 0 Å². The van der Waals surface area contributed by atoms with E-state index in [0.29, 0.717) is 23.5 Å². The molecule has 2 heterocycles. The lowest BCUT2D eigenvalue weighted by Crippen LogP contribution is -2.17. The van der Waals surface area contributed by atoms with Crippen molar-refractivity contribution in [3.63, 3.8) is 0 Å². The maximum Gasteiger partial charge on any atom is 0.379 e. The highest BCUT2D eigenvalue weighted by atomic mass is 16.6. The summed E-state index contributed by atoms with van der Waals surface area (Å²) in [4.78, 5) is 27.9. The molecule has 0 saturated heterocycles. The van der Waals surface area contributed by atoms with Crippen LogP contribution in [0.3, 0.4) is 0 Å². The fraction of sp³-hybridized carbons (Fsp3) is 0.100. The molecular weight excluding hydrogens is 362 g/mol. The number of amides is 1. The third-order valence-corrected chi connectivity index (χ3v) is 3.50. The Hall–Kier alpha value is -3.94. The van der Waals surface area contributed by atoms with Crippen LogP contribution in [0.1, 0.15) is 33.4 Å². The van der Waals surface area contributed by atoms with Gasteiger partial charge in [-0.2, -0.15) is 5.10 Å². The molecule has 8 heteroatoms. The van der Waals surface area contributed by atoms with Crippen LogP contribution in [-0.4, -0.2) is 29.7 Å². The van der Waals surface area contributed by atoms with Gasteiger partial charge in [-0.05, 0) is 55.0 Å². The van der Waals surface area contributed by atoms with Crippen molar-refractivity contribution in [2.45, 2.75) is 6.92 Å². The summed E-state index contributed by atoms with van der Waals surface area (Å²) in [7, 11) is 0. The summed E-state index contributed by atoms with van der Waals surface area (Å²) in [6, 6.07) is 11.3. The molecule has 3 aromatic rings. The number of pyridine rings is 1. The summed E-state index contributed by atoms with van der Waals surface area (Å²) in [5.41, 5.74) is 3.46. The van der Waals surface area contributed by atoms with Crippen LogP contribution in [-0.2, 0) is 0 Å². The van der Waals surface area contributed by atoms with Gasteiger partial charge in [0.25, 0.3) is 5.91 Å². The van der Waals surface area contributed by atoms with E-state index >= 15 is 0 Å². The molecule has 1 N–H and O–H groups in total. The second-order valence-electron chi connectivity index (χ2n) is 5.45. The average molecular weight is 379 g/mol. The van der Waals surface area contributed by atoms with Crippen molar-refractivity contribution in [2.75, 3.05) is 6.61 Å². The molecule has 0 aliphatic carbocycles. The van der Waals surface area contributed by atoms with Crippen molar-refractivity contribution in [1.82, 2.24) is 10.4 Å². The number of benzene rings is 1. The molecule has 0 fully saturated rings. The number of hydrazone groups is 1. The van der Waals surface area contributed by atoms with Gasteiger partial charge in [0.1, 0.15) is 0 Å². The van der Waals surface area contributed by atoms with Gasteiger partial charge in [-0.3, -0.25) is 9.78 Å². The fourth-order valence-corrected chi connectivity index (χ4v) is 2.23. The lowest BCUT2D eigenvalue weighted by Gasteiger charge is -2.10. The van der Waals surface area contributed by atoms with Gasteiger partial charge in [0, 0.05) is 12.4 Å². The SMILES string of the molecule is CCOc1cc(C=NNC(=O)c2cccnc2)ccc1OC(=O)c1ccco1. The van der Waals surface area contributed by atoms with Crippen LogP contribution >= 0.6 is 0 Å². The second kappa shape index (κ2) is 9.13. The standard InChI is InChI=1S/C20H17N3O5/c1-2-26-18-11-14(12-22-23-19(24)15-5-3-9-21-13-15)7-8-16(18)28-20(25)17-6-4-10-27-17/h3-13H,2H2,1H3,(H,23,24). The summed E-state index contributed by atoms with van der Waals surface area (Å²) in [5.74, 6) is -0.301. The molecule has 1 aromatic carbocycles. The van der Waals surface area contributed by atoms with Gasteiger partial charge in [0.05, 0.1) is 24.6 Å². The van der Waals surface area contributed by atoms with Gasteiger partial charge in [0.15, 0.2) is 11.5 Å². The van der Waals surface area contributed by atoms with E-state index in [2.05, 4.69) is 15.5 Å². The molecule has 2 aromatic heterocycles. The van der Waals surface area contributed by atoms with Crippen LogP contribution in [0.25, 0.3) is 0 Å². The first-order chi connectivity index (χ1) is 13.7. The predicted molar refractivity (Wildman–Crippen MR) is 101 cm³/mol. The molecule has 8 nitrogen and oxygen atoms in total. The van der Waals surface area contributed by atoms with E-state index in [4.69, 9.17) is 13.9 Å². The Labute approximate surface area is 160 Å². The molecule has 28 heavy (non-hydrogen) atoms. The lowest BCUT2D eigenvalue weighted by molar-refractivity contribution is 0.0695. The van der Waals surface area contributed by atoms with Crippen LogP contribution in [0.15, 0.2) is 70.6 Å². The predicted octanol–water partition coefficient (Wildman–Crippen LogP) is 3.06. The van der Waals surface area contributed by atoms with Gasteiger partial charge in [-0.1, -0.05) is 0 Å². The molecule has 0 spiro atoms. The van der Waals surface area contributed by atoms with E-state index in [1.165, 1.54) is 24.7 Å². The molecule has 1 amide bonds. The number of esters is 1. The first kappa shape index (κ1) is 18.8. The summed E-state index contributed by atoms with van der Waals surface area (Å²) >= 11 is 0. The zero-order valence-electron chi connectivity index (χ0n) is 15.0. The lowest BCUT2D eigenvalue weighted by atomic mass is 10.2. The van der Waals surface area contributed by atoms with E-state index < -0.39 is 5.97 Å². The number of hydrogen-bond acceptors (Lipinski definition) is 7. The summed E-state index contributed by atoms with van der Waals surface area (Å²) in [6.07, 6.45) is 5.87. The highest BCUT2D eigenvalue weighted by Crippen LogP contribution is 2.29. The number of hydrogen-bond donors (Lipinski definition) is 1. The van der Waals surface area contributed by atoms with Crippen molar-refractivity contribution >= 4 is 18.1 Å². The Morgan fingerprint density at radius 3 is 2.82 bits per heavy atom. The zero-order valence-corrected chi connectivity index (χ0v) is 15.0. The van der Waals surface area contributed by atoms with Crippen LogP contribution in [0.4, 0.5) is 0 Å². The second-order valence-corrected chi connectivity index (χ2v) is 5.45. The Bertz CT molecular complexity index is 969. The number of nitrogens with one attached hydrogen (secondary N) is 1. The van der Waals surface area contributed by atoms with Gasteiger partial charge in [0.2, 0.25) is 5.76 Å². The molecular formula is C20H17N3O5. The topological polar surface area (TPSA) is 103 Å². The minimum Gasteiger partial charge on any atom is -0.490 e. The zero-order chi connectivity index (χ0) is 19.8. The molecule has 142 valence electrons. The van der Waals surface area contributed by atoms with Gasteiger partial charge in [-0.25, -0.2) is 10.2 Å². The number of furan rings is 1. The van der Waals surface area contributed by atoms with Crippen LogP contribution < -0.4 is 14.9 Å². The molecule has 0 saturated carbocycles. The molecule has 0 unspecified atom stereocenters. The molecule has 3 rings (SSSR count). The van der Waals surface area contributed by atoms with Gasteiger partial charge in [-0.15, -0.1) is 0 Å². The number of ether oxygens (including phenoxy) is 2. The Morgan fingerprint density at radius 2 is 2.11 bits per heavy atom. The summed E-state index contributed by atoms with van der Waals surface area (Å²) in [6.45, 7) is 2.19. The summed E-state index contributed by atoms with van der Waals surface area (Å²) in [5, 5.41) is 3.92. The highest BCUT2D eigenvalue weighted by Gasteiger charge is 2.15. The van der Waals surface area contributed by atoms with Crippen molar-refractivity contribution in [2.24, 2.45) is 5.10 Å². The molecule has 0 atom stereocenters.